The predicted octanol–water partition coefficient (Wildman–Crippen LogP) is 8.18. The maximum atomic E-state index is 3.12. The molecule has 2 nitrogen and oxygen atoms in total. The van der Waals surface area contributed by atoms with E-state index < -0.39 is 20.5 Å². The van der Waals surface area contributed by atoms with Crippen molar-refractivity contribution in [3.05, 3.63) is 71.8 Å². The summed E-state index contributed by atoms with van der Waals surface area (Å²) in [6.07, 6.45) is 10.4. The first-order valence-corrected chi connectivity index (χ1v) is 22.1. The van der Waals surface area contributed by atoms with Crippen molar-refractivity contribution in [2.24, 2.45) is 0 Å². The summed E-state index contributed by atoms with van der Waals surface area (Å²) in [5, 5.41) is 0. The molecule has 184 valence electrons. The van der Waals surface area contributed by atoms with E-state index in [4.69, 9.17) is 0 Å². The molecule has 0 heterocycles. The number of rotatable bonds is 18. The van der Waals surface area contributed by atoms with Crippen LogP contribution >= 0.6 is 0 Å². The molecule has 0 fully saturated rings. The van der Waals surface area contributed by atoms with Crippen molar-refractivity contribution >= 4 is 0 Å². The summed E-state index contributed by atoms with van der Waals surface area (Å²) >= 11 is -3.24. The van der Waals surface area contributed by atoms with Gasteiger partial charge in [-0.05, 0) is 0 Å². The molecule has 0 unspecified atom stereocenters. The molecule has 0 aliphatic rings. The summed E-state index contributed by atoms with van der Waals surface area (Å²) in [6, 6.07) is 23.0. The molecule has 0 aromatic heterocycles. The van der Waals surface area contributed by atoms with Crippen LogP contribution in [0.15, 0.2) is 60.7 Å². The van der Waals surface area contributed by atoms with E-state index in [0.717, 1.165) is 0 Å². The van der Waals surface area contributed by atoms with E-state index in [9.17, 15) is 0 Å². The van der Waals surface area contributed by atoms with Crippen molar-refractivity contribution in [2.75, 3.05) is 26.2 Å². The van der Waals surface area contributed by atoms with Crippen LogP contribution in [0.1, 0.15) is 90.2 Å². The first kappa shape index (κ1) is 28.5. The van der Waals surface area contributed by atoms with Gasteiger partial charge in [0, 0.05) is 0 Å². The fourth-order valence-corrected chi connectivity index (χ4v) is 24.8. The summed E-state index contributed by atoms with van der Waals surface area (Å²) in [5.41, 5.74) is 3.12. The van der Waals surface area contributed by atoms with E-state index in [0.29, 0.717) is 0 Å². The van der Waals surface area contributed by atoms with Crippen molar-refractivity contribution in [2.45, 2.75) is 87.4 Å². The minimum absolute atomic E-state index is 1.28. The average molecular weight is 617 g/mol. The van der Waals surface area contributed by atoms with Crippen molar-refractivity contribution in [1.82, 2.24) is 5.78 Å². The SMILES string of the molecule is CCCC[N](CCCC)[Hf]([CH2]c1ccccc1)([CH2]c1ccccc1)[N](CCCC)CCCC. The van der Waals surface area contributed by atoms with Gasteiger partial charge in [-0.3, -0.25) is 0 Å². The van der Waals surface area contributed by atoms with Gasteiger partial charge in [0.2, 0.25) is 0 Å². The van der Waals surface area contributed by atoms with Crippen LogP contribution in [-0.2, 0) is 28.9 Å². The van der Waals surface area contributed by atoms with Crippen LogP contribution in [0, 0.1) is 0 Å². The van der Waals surface area contributed by atoms with Gasteiger partial charge in [0.1, 0.15) is 0 Å². The topological polar surface area (TPSA) is 6.48 Å². The second-order valence-electron chi connectivity index (χ2n) is 9.70. The molecule has 2 aromatic rings. The summed E-state index contributed by atoms with van der Waals surface area (Å²) in [7, 11) is 0. The van der Waals surface area contributed by atoms with Gasteiger partial charge < -0.3 is 0 Å². The first-order valence-electron chi connectivity index (χ1n) is 13.8. The van der Waals surface area contributed by atoms with Crippen molar-refractivity contribution < 1.29 is 20.5 Å². The molecule has 0 aliphatic carbocycles. The van der Waals surface area contributed by atoms with Crippen molar-refractivity contribution in [3.63, 3.8) is 0 Å². The standard InChI is InChI=1S/2C8H18N.2C7H7.Hf/c2*1-3-5-7-9-8-6-4-2;2*1-7-5-3-2-4-6-7;/h2*3-8H2,1-2H3;2*2-6H,1H2;/q2*-1;;;+2. The Balaban J connectivity index is 2.61. The van der Waals surface area contributed by atoms with Crippen molar-refractivity contribution in [3.8, 4) is 0 Å². The van der Waals surface area contributed by atoms with Crippen LogP contribution < -0.4 is 0 Å². The van der Waals surface area contributed by atoms with E-state index in [2.05, 4.69) is 94.1 Å². The van der Waals surface area contributed by atoms with Gasteiger partial charge >= 0.3 is 212 Å². The molecular weight excluding hydrogens is 567 g/mol. The first-order chi connectivity index (χ1) is 16.2. The minimum atomic E-state index is -3.24. The Morgan fingerprint density at radius 2 is 0.788 bits per heavy atom. The molecule has 0 atom stereocenters. The molecule has 0 aliphatic heterocycles. The Labute approximate surface area is 210 Å². The Morgan fingerprint density at radius 1 is 0.485 bits per heavy atom. The molecule has 33 heavy (non-hydrogen) atoms. The zero-order valence-electron chi connectivity index (χ0n) is 22.1. The van der Waals surface area contributed by atoms with Gasteiger partial charge in [-0.2, -0.15) is 0 Å². The Morgan fingerprint density at radius 3 is 1.06 bits per heavy atom. The van der Waals surface area contributed by atoms with Gasteiger partial charge in [0.15, 0.2) is 0 Å². The molecule has 0 bridgehead atoms. The van der Waals surface area contributed by atoms with E-state index in [1.54, 1.807) is 11.1 Å². The zero-order chi connectivity index (χ0) is 23.8. The number of benzene rings is 2. The fraction of sp³-hybridized carbons (Fsp3) is 0.600. The number of unbranched alkanes of at least 4 members (excludes halogenated alkanes) is 4. The van der Waals surface area contributed by atoms with E-state index in [-0.39, 0.29) is 0 Å². The summed E-state index contributed by atoms with van der Waals surface area (Å²) < 4.78 is 8.85. The number of hydrogen-bond acceptors (Lipinski definition) is 2. The molecule has 2 aromatic carbocycles. The normalized spacial score (nSPS) is 12.1. The van der Waals surface area contributed by atoms with Gasteiger partial charge in [-0.1, -0.05) is 0 Å². The molecular formula is C30H50HfN2. The molecule has 0 saturated carbocycles. The third kappa shape index (κ3) is 9.42. The second-order valence-corrected chi connectivity index (χ2v) is 23.8. The second kappa shape index (κ2) is 16.8. The molecule has 2 rings (SSSR count). The molecule has 0 spiro atoms. The summed E-state index contributed by atoms with van der Waals surface area (Å²) in [6.45, 7) is 14.6. The van der Waals surface area contributed by atoms with E-state index in [1.807, 2.05) is 0 Å². The average Bonchev–Trinajstić information content (AvgIpc) is 2.85. The van der Waals surface area contributed by atoms with Crippen LogP contribution in [0.25, 0.3) is 0 Å². The summed E-state index contributed by atoms with van der Waals surface area (Å²) in [5.74, 6) is 0. The van der Waals surface area contributed by atoms with Crippen LogP contribution in [0.5, 0.6) is 0 Å². The van der Waals surface area contributed by atoms with Crippen LogP contribution in [0.2, 0.25) is 0 Å². The number of hydrogen-bond donors (Lipinski definition) is 0. The third-order valence-electron chi connectivity index (χ3n) is 6.96. The molecule has 0 amide bonds. The van der Waals surface area contributed by atoms with Crippen LogP contribution in [0.3, 0.4) is 0 Å². The summed E-state index contributed by atoms with van der Waals surface area (Å²) in [4.78, 5) is 0. The Bertz CT molecular complexity index is 639. The molecule has 0 saturated heterocycles. The Hall–Kier alpha value is -0.770. The monoisotopic (exact) mass is 618 g/mol. The van der Waals surface area contributed by atoms with Crippen LogP contribution in [0.4, 0.5) is 0 Å². The van der Waals surface area contributed by atoms with E-state index >= 15 is 0 Å². The fourth-order valence-electron chi connectivity index (χ4n) is 5.01. The molecule has 0 radical (unpaired) electrons. The van der Waals surface area contributed by atoms with Crippen LogP contribution in [-0.4, -0.2) is 32.0 Å². The molecule has 0 N–H and O–H groups in total. The third-order valence-corrected chi connectivity index (χ3v) is 25.6. The number of nitrogens with zero attached hydrogens (tertiary/aromatic N) is 2. The van der Waals surface area contributed by atoms with Gasteiger partial charge in [-0.15, -0.1) is 0 Å². The predicted molar refractivity (Wildman–Crippen MR) is 143 cm³/mol. The van der Waals surface area contributed by atoms with Gasteiger partial charge in [0.05, 0.1) is 0 Å². The molecule has 3 heteroatoms. The van der Waals surface area contributed by atoms with E-state index in [1.165, 1.54) is 85.9 Å². The Kier molecular flexibility index (Phi) is 14.5. The maximum absolute atomic E-state index is 3.24. The van der Waals surface area contributed by atoms with Crippen molar-refractivity contribution in [1.29, 1.82) is 0 Å². The zero-order valence-corrected chi connectivity index (χ0v) is 25.7. The quantitative estimate of drug-likeness (QED) is 0.156. The van der Waals surface area contributed by atoms with Gasteiger partial charge in [0.25, 0.3) is 0 Å². The van der Waals surface area contributed by atoms with Gasteiger partial charge in [-0.25, -0.2) is 0 Å².